The van der Waals surface area contributed by atoms with E-state index < -0.39 is 0 Å². The Kier molecular flexibility index (Phi) is 5.73. The molecule has 0 aromatic heterocycles. The molecule has 0 bridgehead atoms. The Hall–Kier alpha value is -0.650. The summed E-state index contributed by atoms with van der Waals surface area (Å²) in [5, 5.41) is 3.08. The van der Waals surface area contributed by atoms with Gasteiger partial charge in [-0.1, -0.05) is 0 Å². The highest BCUT2D eigenvalue weighted by Gasteiger charge is 2.26. The van der Waals surface area contributed by atoms with E-state index >= 15 is 0 Å². The van der Waals surface area contributed by atoms with Gasteiger partial charge in [-0.3, -0.25) is 4.79 Å². The van der Waals surface area contributed by atoms with Crippen LogP contribution in [0.15, 0.2) is 0 Å². The van der Waals surface area contributed by atoms with Crippen LogP contribution in [0.3, 0.4) is 0 Å². The first-order valence-corrected chi connectivity index (χ1v) is 5.79. The zero-order chi connectivity index (χ0) is 12.0. The monoisotopic (exact) mass is 229 g/mol. The average molecular weight is 229 g/mol. The van der Waals surface area contributed by atoms with Crippen molar-refractivity contribution >= 4 is 5.91 Å². The van der Waals surface area contributed by atoms with Crippen LogP contribution in [-0.2, 0) is 9.53 Å². The number of ether oxygens (including phenoxy) is 1. The van der Waals surface area contributed by atoms with E-state index in [2.05, 4.69) is 24.3 Å². The summed E-state index contributed by atoms with van der Waals surface area (Å²) < 4.78 is 4.90. The molecule has 0 aromatic rings. The summed E-state index contributed by atoms with van der Waals surface area (Å²) in [6.07, 6.45) is 1.08. The summed E-state index contributed by atoms with van der Waals surface area (Å²) in [5.41, 5.74) is 0. The van der Waals surface area contributed by atoms with Crippen LogP contribution in [0.5, 0.6) is 0 Å². The van der Waals surface area contributed by atoms with Crippen molar-refractivity contribution < 1.29 is 9.53 Å². The topological polar surface area (TPSA) is 44.8 Å². The molecule has 1 amide bonds. The number of carbonyl (C=O) groups is 1. The number of amides is 1. The van der Waals surface area contributed by atoms with Crippen LogP contribution in [0.2, 0.25) is 0 Å². The van der Waals surface area contributed by atoms with Gasteiger partial charge in [0.05, 0.1) is 13.2 Å². The van der Waals surface area contributed by atoms with Crippen molar-refractivity contribution in [2.45, 2.75) is 12.5 Å². The number of methoxy groups -OCH3 is 1. The second-order valence-electron chi connectivity index (χ2n) is 4.42. The van der Waals surface area contributed by atoms with Crippen molar-refractivity contribution in [2.24, 2.45) is 0 Å². The fraction of sp³-hybridized carbons (Fsp3) is 0.909. The molecule has 1 saturated heterocycles. The molecule has 94 valence electrons. The summed E-state index contributed by atoms with van der Waals surface area (Å²) in [6, 6.07) is 0.517. The molecule has 0 aromatic carbocycles. The molecule has 1 heterocycles. The largest absolute Gasteiger partial charge is 0.383 e. The first-order chi connectivity index (χ1) is 7.65. The number of likely N-dealkylation sites (tertiary alicyclic amines) is 1. The van der Waals surface area contributed by atoms with E-state index in [4.69, 9.17) is 4.74 Å². The third kappa shape index (κ3) is 4.08. The van der Waals surface area contributed by atoms with E-state index in [0.29, 0.717) is 19.2 Å². The van der Waals surface area contributed by atoms with Crippen molar-refractivity contribution in [2.75, 3.05) is 54.0 Å². The molecule has 5 heteroatoms. The SMILES string of the molecule is COCCNCC(=O)N1CCC(N(C)C)C1. The molecule has 1 unspecified atom stereocenters. The molecule has 0 radical (unpaired) electrons. The lowest BCUT2D eigenvalue weighted by molar-refractivity contribution is -0.129. The molecule has 0 aliphatic carbocycles. The number of hydrogen-bond acceptors (Lipinski definition) is 4. The molecule has 1 aliphatic heterocycles. The van der Waals surface area contributed by atoms with Crippen molar-refractivity contribution in [1.29, 1.82) is 0 Å². The molecule has 1 N–H and O–H groups in total. The van der Waals surface area contributed by atoms with Crippen LogP contribution >= 0.6 is 0 Å². The standard InChI is InChI=1S/C11H23N3O2/c1-13(2)10-4-6-14(9-10)11(15)8-12-5-7-16-3/h10,12H,4-9H2,1-3H3. The molecule has 5 nitrogen and oxygen atoms in total. The van der Waals surface area contributed by atoms with Crippen LogP contribution < -0.4 is 5.32 Å². The van der Waals surface area contributed by atoms with E-state index in [1.807, 2.05) is 4.90 Å². The smallest absolute Gasteiger partial charge is 0.236 e. The predicted molar refractivity (Wildman–Crippen MR) is 63.4 cm³/mol. The van der Waals surface area contributed by atoms with Gasteiger partial charge in [0.2, 0.25) is 5.91 Å². The zero-order valence-corrected chi connectivity index (χ0v) is 10.5. The van der Waals surface area contributed by atoms with E-state index in [9.17, 15) is 4.79 Å². The Morgan fingerprint density at radius 1 is 1.56 bits per heavy atom. The summed E-state index contributed by atoms with van der Waals surface area (Å²) >= 11 is 0. The van der Waals surface area contributed by atoms with E-state index in [0.717, 1.165) is 26.1 Å². The van der Waals surface area contributed by atoms with Gasteiger partial charge >= 0.3 is 0 Å². The quantitative estimate of drug-likeness (QED) is 0.617. The molecular weight excluding hydrogens is 206 g/mol. The minimum absolute atomic E-state index is 0.195. The van der Waals surface area contributed by atoms with E-state index in [1.54, 1.807) is 7.11 Å². The lowest BCUT2D eigenvalue weighted by atomic mass is 10.2. The molecule has 1 rings (SSSR count). The number of likely N-dealkylation sites (N-methyl/N-ethyl adjacent to an activating group) is 1. The van der Waals surface area contributed by atoms with Gasteiger partial charge in [-0.05, 0) is 20.5 Å². The zero-order valence-electron chi connectivity index (χ0n) is 10.5. The fourth-order valence-electron chi connectivity index (χ4n) is 1.87. The molecule has 1 aliphatic rings. The predicted octanol–water partition coefficient (Wildman–Crippen LogP) is -0.615. The summed E-state index contributed by atoms with van der Waals surface area (Å²) in [6.45, 7) is 3.54. The van der Waals surface area contributed by atoms with Crippen molar-refractivity contribution in [3.63, 3.8) is 0 Å². The number of nitrogens with one attached hydrogen (secondary N) is 1. The van der Waals surface area contributed by atoms with Gasteiger partial charge in [-0.25, -0.2) is 0 Å². The molecule has 0 saturated carbocycles. The fourth-order valence-corrected chi connectivity index (χ4v) is 1.87. The van der Waals surface area contributed by atoms with Gasteiger partial charge < -0.3 is 19.9 Å². The van der Waals surface area contributed by atoms with Crippen LogP contribution in [0.1, 0.15) is 6.42 Å². The van der Waals surface area contributed by atoms with Crippen molar-refractivity contribution in [1.82, 2.24) is 15.1 Å². The number of rotatable bonds is 6. The minimum atomic E-state index is 0.195. The van der Waals surface area contributed by atoms with E-state index in [1.165, 1.54) is 0 Å². The summed E-state index contributed by atoms with van der Waals surface area (Å²) in [7, 11) is 5.79. The van der Waals surface area contributed by atoms with Gasteiger partial charge in [0.25, 0.3) is 0 Å². The Morgan fingerprint density at radius 3 is 2.88 bits per heavy atom. The summed E-state index contributed by atoms with van der Waals surface area (Å²) in [4.78, 5) is 15.9. The van der Waals surface area contributed by atoms with Crippen LogP contribution in [0, 0.1) is 0 Å². The highest BCUT2D eigenvalue weighted by Crippen LogP contribution is 2.12. The maximum absolute atomic E-state index is 11.8. The van der Waals surface area contributed by atoms with Gasteiger partial charge in [-0.2, -0.15) is 0 Å². The average Bonchev–Trinajstić information content (AvgIpc) is 2.73. The Balaban J connectivity index is 2.18. The second kappa shape index (κ2) is 6.83. The third-order valence-corrected chi connectivity index (χ3v) is 3.01. The van der Waals surface area contributed by atoms with Crippen molar-refractivity contribution in [3.05, 3.63) is 0 Å². The Morgan fingerprint density at radius 2 is 2.31 bits per heavy atom. The molecule has 1 fully saturated rings. The lowest BCUT2D eigenvalue weighted by Crippen LogP contribution is -2.39. The molecular formula is C11H23N3O2. The van der Waals surface area contributed by atoms with E-state index in [-0.39, 0.29) is 5.91 Å². The maximum Gasteiger partial charge on any atom is 0.236 e. The van der Waals surface area contributed by atoms with Gasteiger partial charge in [0.1, 0.15) is 0 Å². The first-order valence-electron chi connectivity index (χ1n) is 5.79. The van der Waals surface area contributed by atoms with Crippen LogP contribution in [-0.4, -0.2) is 75.7 Å². The second-order valence-corrected chi connectivity index (χ2v) is 4.42. The minimum Gasteiger partial charge on any atom is -0.383 e. The van der Waals surface area contributed by atoms with Gasteiger partial charge in [-0.15, -0.1) is 0 Å². The Bertz CT molecular complexity index is 221. The van der Waals surface area contributed by atoms with Crippen molar-refractivity contribution in [3.8, 4) is 0 Å². The van der Waals surface area contributed by atoms with Gasteiger partial charge in [0.15, 0.2) is 0 Å². The first kappa shape index (κ1) is 13.4. The number of carbonyl (C=O) groups excluding carboxylic acids is 1. The molecule has 1 atom stereocenters. The highest BCUT2D eigenvalue weighted by atomic mass is 16.5. The third-order valence-electron chi connectivity index (χ3n) is 3.01. The number of nitrogens with zero attached hydrogens (tertiary/aromatic N) is 2. The highest BCUT2D eigenvalue weighted by molar-refractivity contribution is 5.78. The lowest BCUT2D eigenvalue weighted by Gasteiger charge is -2.20. The summed E-state index contributed by atoms with van der Waals surface area (Å²) in [5.74, 6) is 0.195. The molecule has 0 spiro atoms. The van der Waals surface area contributed by atoms with Crippen LogP contribution in [0.4, 0.5) is 0 Å². The number of hydrogen-bond donors (Lipinski definition) is 1. The maximum atomic E-state index is 11.8. The Labute approximate surface area is 97.7 Å². The van der Waals surface area contributed by atoms with Gasteiger partial charge in [0, 0.05) is 32.8 Å². The molecule has 16 heavy (non-hydrogen) atoms. The normalized spacial score (nSPS) is 20.8. The van der Waals surface area contributed by atoms with Crippen LogP contribution in [0.25, 0.3) is 0 Å².